The highest BCUT2D eigenvalue weighted by Gasteiger charge is 2.17. The van der Waals surface area contributed by atoms with Gasteiger partial charge in [0.25, 0.3) is 0 Å². The second-order valence-corrected chi connectivity index (χ2v) is 6.72. The zero-order chi connectivity index (χ0) is 16.2. The first-order valence-electron chi connectivity index (χ1n) is 6.87. The quantitative estimate of drug-likeness (QED) is 0.775. The predicted octanol–water partition coefficient (Wildman–Crippen LogP) is 1.32. The zero-order valence-electron chi connectivity index (χ0n) is 13.0. The molecule has 7 nitrogen and oxygen atoms in total. The molecule has 0 aliphatic rings. The minimum Gasteiger partial charge on any atom is -0.494 e. The molecule has 128 valence electrons. The van der Waals surface area contributed by atoms with Crippen LogP contribution in [0.4, 0.5) is 0 Å². The first kappa shape index (κ1) is 19.4. The minimum atomic E-state index is -3.59. The van der Waals surface area contributed by atoms with E-state index in [2.05, 4.69) is 9.82 Å². The number of ether oxygens (including phenoxy) is 1. The molecule has 0 amide bonds. The number of halogens is 1. The summed E-state index contributed by atoms with van der Waals surface area (Å²) < 4.78 is 33.6. The van der Waals surface area contributed by atoms with E-state index in [1.807, 2.05) is 19.1 Å². The van der Waals surface area contributed by atoms with Crippen molar-refractivity contribution in [1.82, 2.24) is 14.5 Å². The van der Waals surface area contributed by atoms with Crippen molar-refractivity contribution in [2.45, 2.75) is 24.3 Å². The number of aromatic nitrogens is 2. The third-order valence-electron chi connectivity index (χ3n) is 3.09. The van der Waals surface area contributed by atoms with E-state index in [-0.39, 0.29) is 23.3 Å². The Bertz CT molecular complexity index is 731. The summed E-state index contributed by atoms with van der Waals surface area (Å²) in [5.74, 6) is 0.611. The second kappa shape index (κ2) is 8.30. The number of nitrogens with one attached hydrogen (secondary N) is 1. The number of rotatable bonds is 7. The lowest BCUT2D eigenvalue weighted by molar-refractivity contribution is 0.411. The lowest BCUT2D eigenvalue weighted by atomic mass is 10.3. The Labute approximate surface area is 142 Å². The normalized spacial score (nSPS) is 12.5. The molecule has 0 bridgehead atoms. The highest BCUT2D eigenvalue weighted by molar-refractivity contribution is 7.89. The summed E-state index contributed by atoms with van der Waals surface area (Å²) >= 11 is 0. The Hall–Kier alpha value is -1.61. The van der Waals surface area contributed by atoms with Crippen LogP contribution in [-0.4, -0.2) is 37.9 Å². The number of hydrogen-bond acceptors (Lipinski definition) is 5. The molecule has 0 saturated heterocycles. The third-order valence-corrected chi connectivity index (χ3v) is 4.51. The highest BCUT2D eigenvalue weighted by Crippen LogP contribution is 2.22. The van der Waals surface area contributed by atoms with Gasteiger partial charge in [-0.1, -0.05) is 12.1 Å². The second-order valence-electron chi connectivity index (χ2n) is 4.96. The molecule has 1 heterocycles. The van der Waals surface area contributed by atoms with E-state index in [1.54, 1.807) is 19.2 Å². The number of methoxy groups -OCH3 is 1. The fourth-order valence-electron chi connectivity index (χ4n) is 1.90. The minimum absolute atomic E-state index is 0. The maximum Gasteiger partial charge on any atom is 0.243 e. The molecule has 0 aliphatic heterocycles. The van der Waals surface area contributed by atoms with Crippen molar-refractivity contribution in [2.24, 2.45) is 5.73 Å². The number of benzene rings is 1. The number of hydrogen-bond donors (Lipinski definition) is 2. The van der Waals surface area contributed by atoms with Gasteiger partial charge in [0.05, 0.1) is 19.5 Å². The van der Waals surface area contributed by atoms with Crippen LogP contribution >= 0.6 is 12.4 Å². The van der Waals surface area contributed by atoms with E-state index in [0.717, 1.165) is 0 Å². The fraction of sp³-hybridized carbons (Fsp3) is 0.357. The lowest BCUT2D eigenvalue weighted by Crippen LogP contribution is -2.28. The predicted molar refractivity (Wildman–Crippen MR) is 90.8 cm³/mol. The molecule has 2 rings (SSSR count). The average molecular weight is 361 g/mol. The van der Waals surface area contributed by atoms with Gasteiger partial charge in [0.1, 0.15) is 16.3 Å². The van der Waals surface area contributed by atoms with Crippen LogP contribution in [0.3, 0.4) is 0 Å². The van der Waals surface area contributed by atoms with Gasteiger partial charge in [0, 0.05) is 12.6 Å². The van der Waals surface area contributed by atoms with Crippen LogP contribution in [0.25, 0.3) is 5.69 Å². The van der Waals surface area contributed by atoms with E-state index < -0.39 is 10.0 Å². The molecule has 1 aromatic heterocycles. The molecule has 3 N–H and O–H groups in total. The maximum absolute atomic E-state index is 12.2. The number of nitrogens with zero attached hydrogens (tertiary/aromatic N) is 2. The molecule has 0 radical (unpaired) electrons. The summed E-state index contributed by atoms with van der Waals surface area (Å²) in [6.07, 6.45) is 3.33. The smallest absolute Gasteiger partial charge is 0.243 e. The van der Waals surface area contributed by atoms with Crippen LogP contribution in [0, 0.1) is 0 Å². The van der Waals surface area contributed by atoms with Crippen molar-refractivity contribution < 1.29 is 13.2 Å². The monoisotopic (exact) mass is 360 g/mol. The Morgan fingerprint density at radius 3 is 2.74 bits per heavy atom. The summed E-state index contributed by atoms with van der Waals surface area (Å²) in [6.45, 7) is 2.12. The lowest BCUT2D eigenvalue weighted by Gasteiger charge is -2.08. The summed E-state index contributed by atoms with van der Waals surface area (Å²) in [7, 11) is -2.04. The largest absolute Gasteiger partial charge is 0.494 e. The Kier molecular flexibility index (Phi) is 7.01. The first-order chi connectivity index (χ1) is 10.4. The zero-order valence-corrected chi connectivity index (χ0v) is 14.6. The molecule has 23 heavy (non-hydrogen) atoms. The molecule has 0 aliphatic carbocycles. The topological polar surface area (TPSA) is 99.2 Å². The summed E-state index contributed by atoms with van der Waals surface area (Å²) in [6, 6.07) is 7.19. The van der Waals surface area contributed by atoms with Crippen molar-refractivity contribution in [3.05, 3.63) is 36.7 Å². The van der Waals surface area contributed by atoms with Gasteiger partial charge in [-0.25, -0.2) is 17.8 Å². The van der Waals surface area contributed by atoms with E-state index in [4.69, 9.17) is 10.5 Å². The molecular formula is C14H21ClN4O3S. The Balaban J connectivity index is 0.00000264. The highest BCUT2D eigenvalue weighted by atomic mass is 35.5. The van der Waals surface area contributed by atoms with Crippen molar-refractivity contribution in [2.75, 3.05) is 13.7 Å². The molecule has 0 saturated carbocycles. The standard InChI is InChI=1S/C14H20N4O3S.ClH/c1-11(15)7-8-17-22(19,20)12-9-16-18(10-12)13-5-3-4-6-14(13)21-2;/h3-6,9-11,17H,7-8,15H2,1-2H3;1H. The summed E-state index contributed by atoms with van der Waals surface area (Å²) in [5.41, 5.74) is 6.28. The Morgan fingerprint density at radius 2 is 2.09 bits per heavy atom. The van der Waals surface area contributed by atoms with Gasteiger partial charge >= 0.3 is 0 Å². The third kappa shape index (κ3) is 4.93. The number of para-hydroxylation sites is 2. The van der Waals surface area contributed by atoms with Gasteiger partial charge in [0.2, 0.25) is 10.0 Å². The molecular weight excluding hydrogens is 340 g/mol. The van der Waals surface area contributed by atoms with Gasteiger partial charge in [-0.15, -0.1) is 12.4 Å². The van der Waals surface area contributed by atoms with Crippen molar-refractivity contribution in [3.63, 3.8) is 0 Å². The van der Waals surface area contributed by atoms with Crippen molar-refractivity contribution in [1.29, 1.82) is 0 Å². The maximum atomic E-state index is 12.2. The van der Waals surface area contributed by atoms with Crippen molar-refractivity contribution >= 4 is 22.4 Å². The van der Waals surface area contributed by atoms with Gasteiger partial charge < -0.3 is 10.5 Å². The van der Waals surface area contributed by atoms with Crippen LogP contribution in [0.15, 0.2) is 41.6 Å². The van der Waals surface area contributed by atoms with Crippen LogP contribution in [0.5, 0.6) is 5.75 Å². The van der Waals surface area contributed by atoms with E-state index in [1.165, 1.54) is 17.1 Å². The molecule has 1 atom stereocenters. The van der Waals surface area contributed by atoms with Gasteiger partial charge in [-0.05, 0) is 25.5 Å². The summed E-state index contributed by atoms with van der Waals surface area (Å²) in [4.78, 5) is 0.100. The van der Waals surface area contributed by atoms with E-state index in [0.29, 0.717) is 24.4 Å². The molecule has 2 aromatic rings. The fourth-order valence-corrected chi connectivity index (χ4v) is 2.88. The van der Waals surface area contributed by atoms with Gasteiger partial charge in [0.15, 0.2) is 0 Å². The van der Waals surface area contributed by atoms with Gasteiger partial charge in [-0.2, -0.15) is 5.10 Å². The van der Waals surface area contributed by atoms with Crippen LogP contribution in [0.2, 0.25) is 0 Å². The van der Waals surface area contributed by atoms with E-state index in [9.17, 15) is 8.42 Å². The molecule has 1 unspecified atom stereocenters. The number of nitrogens with two attached hydrogens (primary N) is 1. The molecule has 0 fully saturated rings. The summed E-state index contributed by atoms with van der Waals surface area (Å²) in [5, 5.41) is 4.10. The van der Waals surface area contributed by atoms with Crippen molar-refractivity contribution in [3.8, 4) is 11.4 Å². The first-order valence-corrected chi connectivity index (χ1v) is 8.35. The number of sulfonamides is 1. The molecule has 1 aromatic carbocycles. The Morgan fingerprint density at radius 1 is 1.39 bits per heavy atom. The van der Waals surface area contributed by atoms with Crippen LogP contribution in [0.1, 0.15) is 13.3 Å². The average Bonchev–Trinajstić information content (AvgIpc) is 2.97. The SMILES string of the molecule is COc1ccccc1-n1cc(S(=O)(=O)NCCC(C)N)cn1.Cl. The molecule has 0 spiro atoms. The molecule has 9 heteroatoms. The van der Waals surface area contributed by atoms with Crippen LogP contribution < -0.4 is 15.2 Å². The van der Waals surface area contributed by atoms with Crippen LogP contribution in [-0.2, 0) is 10.0 Å². The van der Waals surface area contributed by atoms with E-state index >= 15 is 0 Å². The van der Waals surface area contributed by atoms with Gasteiger partial charge in [-0.3, -0.25) is 0 Å².